The highest BCUT2D eigenvalue weighted by Crippen LogP contribution is 2.22. The molecule has 0 aliphatic carbocycles. The fraction of sp³-hybridized carbons (Fsp3) is 0.0625. The molecule has 0 radical (unpaired) electrons. The first kappa shape index (κ1) is 13.7. The van der Waals surface area contributed by atoms with Gasteiger partial charge in [0.25, 0.3) is 0 Å². The lowest BCUT2D eigenvalue weighted by Crippen LogP contribution is -1.94. The van der Waals surface area contributed by atoms with Crippen LogP contribution in [0.5, 0.6) is 5.75 Å². The minimum absolute atomic E-state index is 0.605. The van der Waals surface area contributed by atoms with Crippen molar-refractivity contribution in [2.24, 2.45) is 0 Å². The molecule has 0 saturated heterocycles. The van der Waals surface area contributed by atoms with E-state index in [9.17, 15) is 0 Å². The van der Waals surface area contributed by atoms with E-state index in [2.05, 4.69) is 31.1 Å². The van der Waals surface area contributed by atoms with Gasteiger partial charge in [-0.2, -0.15) is 0 Å². The number of ether oxygens (including phenoxy) is 1. The molecule has 0 unspecified atom stereocenters. The molecule has 1 aromatic heterocycles. The lowest BCUT2D eigenvalue weighted by Gasteiger charge is -2.03. The number of hydrogen-bond donors (Lipinski definition) is 0. The first-order chi connectivity index (χ1) is 10.3. The topological polar surface area (TPSA) is 47.9 Å². The van der Waals surface area contributed by atoms with Crippen molar-refractivity contribution in [2.45, 2.75) is 0 Å². The molecule has 0 amide bonds. The molecular weight excluding hydrogens is 330 g/mol. The summed E-state index contributed by atoms with van der Waals surface area (Å²) in [5.41, 5.74) is 2.62. The number of halogens is 1. The van der Waals surface area contributed by atoms with Crippen LogP contribution in [0, 0.1) is 0 Å². The van der Waals surface area contributed by atoms with Gasteiger partial charge in [0.15, 0.2) is 5.82 Å². The smallest absolute Gasteiger partial charge is 0.181 e. The summed E-state index contributed by atoms with van der Waals surface area (Å²) in [5, 5.41) is 8.44. The number of nitrogens with zero attached hydrogens (tertiary/aromatic N) is 3. The van der Waals surface area contributed by atoms with Gasteiger partial charge < -0.3 is 4.74 Å². The SMILES string of the molecule is COc1ccc(-c2cnc(-c3cccc(Br)c3)nn2)cc1. The average Bonchev–Trinajstić information content (AvgIpc) is 2.55. The third-order valence-corrected chi connectivity index (χ3v) is 3.52. The monoisotopic (exact) mass is 341 g/mol. The highest BCUT2D eigenvalue weighted by Gasteiger charge is 2.05. The number of methoxy groups -OCH3 is 1. The second kappa shape index (κ2) is 6.01. The Morgan fingerprint density at radius 2 is 1.76 bits per heavy atom. The lowest BCUT2D eigenvalue weighted by atomic mass is 10.1. The first-order valence-electron chi connectivity index (χ1n) is 6.36. The number of hydrogen-bond acceptors (Lipinski definition) is 4. The normalized spacial score (nSPS) is 10.4. The van der Waals surface area contributed by atoms with Crippen LogP contribution in [0.15, 0.2) is 59.2 Å². The Labute approximate surface area is 131 Å². The van der Waals surface area contributed by atoms with Gasteiger partial charge in [0.2, 0.25) is 0 Å². The Balaban J connectivity index is 1.89. The van der Waals surface area contributed by atoms with Crippen LogP contribution in [-0.2, 0) is 0 Å². The van der Waals surface area contributed by atoms with Crippen molar-refractivity contribution < 1.29 is 4.74 Å². The zero-order valence-electron chi connectivity index (χ0n) is 11.3. The number of benzene rings is 2. The molecule has 5 heteroatoms. The predicted molar refractivity (Wildman–Crippen MR) is 85.0 cm³/mol. The van der Waals surface area contributed by atoms with Crippen LogP contribution in [0.4, 0.5) is 0 Å². The molecule has 1 heterocycles. The molecule has 3 rings (SSSR count). The second-order valence-electron chi connectivity index (χ2n) is 4.41. The fourth-order valence-electron chi connectivity index (χ4n) is 1.93. The maximum Gasteiger partial charge on any atom is 0.181 e. The van der Waals surface area contributed by atoms with Gasteiger partial charge in [-0.3, -0.25) is 0 Å². The van der Waals surface area contributed by atoms with Crippen LogP contribution < -0.4 is 4.74 Å². The van der Waals surface area contributed by atoms with Crippen molar-refractivity contribution in [3.05, 3.63) is 59.2 Å². The van der Waals surface area contributed by atoms with Gasteiger partial charge in [0.05, 0.1) is 13.3 Å². The predicted octanol–water partition coefficient (Wildman–Crippen LogP) is 3.98. The third kappa shape index (κ3) is 3.08. The van der Waals surface area contributed by atoms with Crippen molar-refractivity contribution in [1.82, 2.24) is 15.2 Å². The molecule has 0 atom stereocenters. The van der Waals surface area contributed by atoms with Crippen LogP contribution in [0.3, 0.4) is 0 Å². The quantitative estimate of drug-likeness (QED) is 0.722. The van der Waals surface area contributed by atoms with Crippen LogP contribution in [0.2, 0.25) is 0 Å². The van der Waals surface area contributed by atoms with Gasteiger partial charge in [-0.05, 0) is 36.4 Å². The summed E-state index contributed by atoms with van der Waals surface area (Å²) < 4.78 is 6.13. The van der Waals surface area contributed by atoms with Crippen molar-refractivity contribution >= 4 is 15.9 Å². The standard InChI is InChI=1S/C16H12BrN3O/c1-21-14-7-5-11(6-8-14)15-10-18-16(20-19-15)12-3-2-4-13(17)9-12/h2-10H,1H3. The van der Waals surface area contributed by atoms with Crippen molar-refractivity contribution in [2.75, 3.05) is 7.11 Å². The van der Waals surface area contributed by atoms with E-state index in [-0.39, 0.29) is 0 Å². The van der Waals surface area contributed by atoms with Gasteiger partial charge in [0.1, 0.15) is 11.4 Å². The van der Waals surface area contributed by atoms with E-state index in [4.69, 9.17) is 4.74 Å². The lowest BCUT2D eigenvalue weighted by molar-refractivity contribution is 0.415. The number of rotatable bonds is 3. The van der Waals surface area contributed by atoms with Gasteiger partial charge in [-0.1, -0.05) is 28.1 Å². The third-order valence-electron chi connectivity index (χ3n) is 3.03. The van der Waals surface area contributed by atoms with Crippen molar-refractivity contribution in [3.63, 3.8) is 0 Å². The fourth-order valence-corrected chi connectivity index (χ4v) is 2.33. The summed E-state index contributed by atoms with van der Waals surface area (Å²) in [6.45, 7) is 0. The molecule has 0 spiro atoms. The second-order valence-corrected chi connectivity index (χ2v) is 5.32. The van der Waals surface area contributed by atoms with Crippen LogP contribution in [0.25, 0.3) is 22.6 Å². The summed E-state index contributed by atoms with van der Waals surface area (Å²) in [6, 6.07) is 15.5. The molecule has 3 aromatic rings. The minimum Gasteiger partial charge on any atom is -0.497 e. The molecule has 0 aliphatic heterocycles. The molecule has 0 fully saturated rings. The molecule has 0 bridgehead atoms. The largest absolute Gasteiger partial charge is 0.497 e. The highest BCUT2D eigenvalue weighted by atomic mass is 79.9. The van der Waals surface area contributed by atoms with E-state index in [0.717, 1.165) is 27.0 Å². The zero-order valence-corrected chi connectivity index (χ0v) is 12.9. The van der Waals surface area contributed by atoms with Gasteiger partial charge in [0, 0.05) is 15.6 Å². The number of aromatic nitrogens is 3. The molecule has 4 nitrogen and oxygen atoms in total. The first-order valence-corrected chi connectivity index (χ1v) is 7.15. The zero-order chi connectivity index (χ0) is 14.7. The minimum atomic E-state index is 0.605. The highest BCUT2D eigenvalue weighted by molar-refractivity contribution is 9.10. The molecule has 0 N–H and O–H groups in total. The molecule has 104 valence electrons. The van der Waals surface area contributed by atoms with Crippen molar-refractivity contribution in [3.8, 4) is 28.4 Å². The van der Waals surface area contributed by atoms with Crippen LogP contribution >= 0.6 is 15.9 Å². The Morgan fingerprint density at radius 1 is 0.952 bits per heavy atom. The van der Waals surface area contributed by atoms with E-state index in [0.29, 0.717) is 5.82 Å². The Morgan fingerprint density at radius 3 is 2.38 bits per heavy atom. The summed E-state index contributed by atoms with van der Waals surface area (Å²) >= 11 is 3.44. The Kier molecular flexibility index (Phi) is 3.92. The summed E-state index contributed by atoms with van der Waals surface area (Å²) in [7, 11) is 1.64. The molecule has 0 saturated carbocycles. The molecule has 21 heavy (non-hydrogen) atoms. The Bertz CT molecular complexity index is 742. The summed E-state index contributed by atoms with van der Waals surface area (Å²) in [5.74, 6) is 1.42. The maximum absolute atomic E-state index is 5.14. The van der Waals surface area contributed by atoms with E-state index in [1.54, 1.807) is 13.3 Å². The summed E-state index contributed by atoms with van der Waals surface area (Å²) in [4.78, 5) is 4.38. The van der Waals surface area contributed by atoms with Crippen molar-refractivity contribution in [1.29, 1.82) is 0 Å². The Hall–Kier alpha value is -2.27. The molecule has 0 aliphatic rings. The van der Waals surface area contributed by atoms with E-state index < -0.39 is 0 Å². The van der Waals surface area contributed by atoms with Crippen LogP contribution in [-0.4, -0.2) is 22.3 Å². The van der Waals surface area contributed by atoms with E-state index >= 15 is 0 Å². The average molecular weight is 342 g/mol. The van der Waals surface area contributed by atoms with Gasteiger partial charge >= 0.3 is 0 Å². The van der Waals surface area contributed by atoms with Crippen LogP contribution in [0.1, 0.15) is 0 Å². The van der Waals surface area contributed by atoms with Gasteiger partial charge in [-0.25, -0.2) is 4.98 Å². The summed E-state index contributed by atoms with van der Waals surface area (Å²) in [6.07, 6.45) is 1.73. The van der Waals surface area contributed by atoms with Gasteiger partial charge in [-0.15, -0.1) is 10.2 Å². The molecule has 2 aromatic carbocycles. The van der Waals surface area contributed by atoms with E-state index in [1.807, 2.05) is 48.5 Å². The van der Waals surface area contributed by atoms with E-state index in [1.165, 1.54) is 0 Å². The maximum atomic E-state index is 5.14. The molecular formula is C16H12BrN3O.